The lowest BCUT2D eigenvalue weighted by Crippen LogP contribution is -2.32. The van der Waals surface area contributed by atoms with Crippen LogP contribution in [0.25, 0.3) is 0 Å². The van der Waals surface area contributed by atoms with E-state index in [9.17, 15) is 0 Å². The number of ether oxygens (including phenoxy) is 1. The Balaban J connectivity index is 0.00000108. The van der Waals surface area contributed by atoms with Crippen molar-refractivity contribution in [2.75, 3.05) is 13.2 Å². The molecule has 1 saturated heterocycles. The average Bonchev–Trinajstić information content (AvgIpc) is 2.98. The fraction of sp³-hybridized carbons (Fsp3) is 0.750. The highest BCUT2D eigenvalue weighted by Gasteiger charge is 2.34. The van der Waals surface area contributed by atoms with Crippen LogP contribution >= 0.6 is 23.7 Å². The first-order valence-corrected chi connectivity index (χ1v) is 6.98. The largest absolute Gasteiger partial charge is 0.381 e. The van der Waals surface area contributed by atoms with E-state index in [-0.39, 0.29) is 17.9 Å². The summed E-state index contributed by atoms with van der Waals surface area (Å²) < 4.78 is 5.40. The molecule has 0 spiro atoms. The smallest absolute Gasteiger partial charge is 0.113 e. The van der Waals surface area contributed by atoms with Crippen LogP contribution in [0.3, 0.4) is 0 Å². The van der Waals surface area contributed by atoms with E-state index in [0.29, 0.717) is 5.92 Å². The van der Waals surface area contributed by atoms with Gasteiger partial charge in [-0.15, -0.1) is 23.7 Å². The summed E-state index contributed by atoms with van der Waals surface area (Å²) in [6.45, 7) is 1.71. The van der Waals surface area contributed by atoms with Crippen LogP contribution in [0.1, 0.15) is 48.7 Å². The van der Waals surface area contributed by atoms with Gasteiger partial charge in [0.2, 0.25) is 0 Å². The van der Waals surface area contributed by atoms with Crippen LogP contribution in [0.4, 0.5) is 0 Å². The van der Waals surface area contributed by atoms with E-state index < -0.39 is 0 Å². The maximum absolute atomic E-state index is 6.41. The third kappa shape index (κ3) is 2.50. The lowest BCUT2D eigenvalue weighted by Gasteiger charge is -2.20. The van der Waals surface area contributed by atoms with Crippen LogP contribution in [0, 0.1) is 0 Å². The molecule has 2 aliphatic rings. The van der Waals surface area contributed by atoms with Crippen molar-refractivity contribution in [2.45, 2.75) is 43.6 Å². The van der Waals surface area contributed by atoms with Crippen LogP contribution in [0.5, 0.6) is 0 Å². The molecule has 5 heteroatoms. The summed E-state index contributed by atoms with van der Waals surface area (Å²) in [7, 11) is 0. The molecule has 2 N–H and O–H groups in total. The van der Waals surface area contributed by atoms with E-state index >= 15 is 0 Å². The number of rotatable bonds is 2. The van der Waals surface area contributed by atoms with Crippen molar-refractivity contribution in [1.82, 2.24) is 4.98 Å². The second-order valence-electron chi connectivity index (χ2n) is 5.00. The van der Waals surface area contributed by atoms with Gasteiger partial charge in [-0.2, -0.15) is 0 Å². The molecule has 1 aromatic rings. The zero-order valence-corrected chi connectivity index (χ0v) is 11.5. The van der Waals surface area contributed by atoms with E-state index in [4.69, 9.17) is 15.5 Å². The average molecular weight is 275 g/mol. The molecule has 1 saturated carbocycles. The molecular weight excluding hydrogens is 256 g/mol. The minimum Gasteiger partial charge on any atom is -0.381 e. The second kappa shape index (κ2) is 5.22. The summed E-state index contributed by atoms with van der Waals surface area (Å²) in [6, 6.07) is 0. The Hall–Kier alpha value is -0.160. The first-order chi connectivity index (χ1) is 7.78. The molecule has 0 bridgehead atoms. The molecule has 3 nitrogen and oxygen atoms in total. The number of nitrogens with two attached hydrogens (primary N) is 1. The lowest BCUT2D eigenvalue weighted by atomic mass is 10.00. The monoisotopic (exact) mass is 274 g/mol. The van der Waals surface area contributed by atoms with Gasteiger partial charge in [0.05, 0.1) is 17.8 Å². The summed E-state index contributed by atoms with van der Waals surface area (Å²) in [5, 5.41) is 3.33. The molecule has 0 radical (unpaired) electrons. The van der Waals surface area contributed by atoms with Crippen LogP contribution in [0.15, 0.2) is 5.38 Å². The van der Waals surface area contributed by atoms with Crippen molar-refractivity contribution >= 4 is 23.7 Å². The molecular formula is C12H19ClN2OS. The van der Waals surface area contributed by atoms with E-state index in [1.54, 1.807) is 11.3 Å². The maximum atomic E-state index is 6.41. The zero-order chi connectivity index (χ0) is 11.0. The summed E-state index contributed by atoms with van der Waals surface area (Å²) in [5.41, 5.74) is 7.49. The third-order valence-electron chi connectivity index (χ3n) is 3.79. The minimum absolute atomic E-state index is 0. The fourth-order valence-corrected chi connectivity index (χ4v) is 3.76. The van der Waals surface area contributed by atoms with Crippen molar-refractivity contribution < 1.29 is 4.74 Å². The third-order valence-corrected chi connectivity index (χ3v) is 4.87. The van der Waals surface area contributed by atoms with Gasteiger partial charge in [0, 0.05) is 17.9 Å². The van der Waals surface area contributed by atoms with Crippen molar-refractivity contribution in [3.8, 4) is 0 Å². The Bertz CT molecular complexity index is 370. The Morgan fingerprint density at radius 3 is 2.82 bits per heavy atom. The highest BCUT2D eigenvalue weighted by molar-refractivity contribution is 7.09. The van der Waals surface area contributed by atoms with Gasteiger partial charge < -0.3 is 10.5 Å². The maximum Gasteiger partial charge on any atom is 0.113 e. The quantitative estimate of drug-likeness (QED) is 0.902. The van der Waals surface area contributed by atoms with Gasteiger partial charge in [0.25, 0.3) is 0 Å². The Labute approximate surface area is 112 Å². The molecule has 1 aromatic heterocycles. The van der Waals surface area contributed by atoms with Crippen molar-refractivity contribution in [1.29, 1.82) is 0 Å². The molecule has 1 unspecified atom stereocenters. The van der Waals surface area contributed by atoms with Crippen LogP contribution in [-0.2, 0) is 10.3 Å². The summed E-state index contributed by atoms with van der Waals surface area (Å²) in [4.78, 5) is 4.76. The number of hydrogen-bond donors (Lipinski definition) is 1. The Morgan fingerprint density at radius 1 is 1.41 bits per heavy atom. The molecule has 0 aromatic carbocycles. The van der Waals surface area contributed by atoms with Gasteiger partial charge in [0.1, 0.15) is 5.01 Å². The number of hydrogen-bond acceptors (Lipinski definition) is 4. The summed E-state index contributed by atoms with van der Waals surface area (Å²) in [6.07, 6.45) is 5.80. The minimum atomic E-state index is -0.123. The van der Waals surface area contributed by atoms with Crippen molar-refractivity contribution in [3.63, 3.8) is 0 Å². The van der Waals surface area contributed by atoms with E-state index in [1.807, 2.05) is 0 Å². The predicted octanol–water partition coefficient (Wildman–Crippen LogP) is 2.80. The molecule has 3 rings (SSSR count). The van der Waals surface area contributed by atoms with Gasteiger partial charge in [-0.3, -0.25) is 0 Å². The number of halogens is 1. The second-order valence-corrected chi connectivity index (χ2v) is 5.86. The molecule has 1 aliphatic heterocycles. The van der Waals surface area contributed by atoms with Gasteiger partial charge in [-0.05, 0) is 19.3 Å². The van der Waals surface area contributed by atoms with E-state index in [0.717, 1.165) is 37.5 Å². The molecule has 1 atom stereocenters. The predicted molar refractivity (Wildman–Crippen MR) is 71.9 cm³/mol. The van der Waals surface area contributed by atoms with Gasteiger partial charge in [-0.1, -0.05) is 12.8 Å². The summed E-state index contributed by atoms with van der Waals surface area (Å²) >= 11 is 1.74. The Morgan fingerprint density at radius 2 is 2.18 bits per heavy atom. The number of thiazole rings is 1. The normalized spacial score (nSPS) is 27.0. The van der Waals surface area contributed by atoms with E-state index in [2.05, 4.69) is 5.38 Å². The topological polar surface area (TPSA) is 48.1 Å². The first-order valence-electron chi connectivity index (χ1n) is 6.10. The van der Waals surface area contributed by atoms with Crippen molar-refractivity contribution in [2.24, 2.45) is 5.73 Å². The van der Waals surface area contributed by atoms with Crippen LogP contribution in [0.2, 0.25) is 0 Å². The highest BCUT2D eigenvalue weighted by Crippen LogP contribution is 2.39. The zero-order valence-electron chi connectivity index (χ0n) is 9.85. The molecule has 0 amide bonds. The van der Waals surface area contributed by atoms with E-state index in [1.165, 1.54) is 18.5 Å². The highest BCUT2D eigenvalue weighted by atomic mass is 35.5. The Kier molecular flexibility index (Phi) is 4.08. The van der Waals surface area contributed by atoms with Gasteiger partial charge in [0.15, 0.2) is 0 Å². The molecule has 1 aliphatic carbocycles. The summed E-state index contributed by atoms with van der Waals surface area (Å²) in [5.74, 6) is 0.509. The lowest BCUT2D eigenvalue weighted by molar-refractivity contribution is 0.193. The first kappa shape index (κ1) is 13.3. The van der Waals surface area contributed by atoms with Crippen molar-refractivity contribution in [3.05, 3.63) is 16.1 Å². The molecule has 96 valence electrons. The van der Waals surface area contributed by atoms with Gasteiger partial charge >= 0.3 is 0 Å². The fourth-order valence-electron chi connectivity index (χ4n) is 2.69. The van der Waals surface area contributed by atoms with Crippen LogP contribution < -0.4 is 5.73 Å². The van der Waals surface area contributed by atoms with Gasteiger partial charge in [-0.25, -0.2) is 4.98 Å². The number of nitrogens with zero attached hydrogens (tertiary/aromatic N) is 1. The van der Waals surface area contributed by atoms with Crippen LogP contribution in [-0.4, -0.2) is 18.2 Å². The SMILES string of the molecule is Cl.NC1(c2nc(C3CCOC3)cs2)CCCC1. The number of aromatic nitrogens is 1. The molecule has 2 heterocycles. The molecule has 17 heavy (non-hydrogen) atoms. The molecule has 2 fully saturated rings. The standard InChI is InChI=1S/C12H18N2OS.ClH/c13-12(4-1-2-5-12)11-14-10(8-16-11)9-3-6-15-7-9;/h8-9H,1-7,13H2;1H.